The summed E-state index contributed by atoms with van der Waals surface area (Å²) >= 11 is 6.04. The Balaban J connectivity index is 1.80. The molecule has 0 bridgehead atoms. The van der Waals surface area contributed by atoms with Gasteiger partial charge >= 0.3 is 5.97 Å². The van der Waals surface area contributed by atoms with E-state index in [0.717, 1.165) is 24.0 Å². The molecule has 2 atom stereocenters. The summed E-state index contributed by atoms with van der Waals surface area (Å²) < 4.78 is 19.9. The third-order valence-corrected chi connectivity index (χ3v) is 6.70. The van der Waals surface area contributed by atoms with E-state index in [1.54, 1.807) is 29.2 Å². The summed E-state index contributed by atoms with van der Waals surface area (Å²) in [4.78, 5) is 28.4. The molecule has 40 heavy (non-hydrogen) atoms. The van der Waals surface area contributed by atoms with Crippen LogP contribution in [0.1, 0.15) is 64.1 Å². The summed E-state index contributed by atoms with van der Waals surface area (Å²) in [7, 11) is 0. The van der Waals surface area contributed by atoms with Gasteiger partial charge in [-0.1, -0.05) is 55.8 Å². The van der Waals surface area contributed by atoms with Gasteiger partial charge in [-0.25, -0.2) is 9.18 Å². The molecule has 3 aromatic carbocycles. The quantitative estimate of drug-likeness (QED) is 0.236. The van der Waals surface area contributed by atoms with Gasteiger partial charge in [-0.3, -0.25) is 4.79 Å². The molecular weight excluding hydrogens is 529 g/mol. The molecule has 3 N–H and O–H groups in total. The number of aryl methyl sites for hydroxylation is 1. The van der Waals surface area contributed by atoms with Crippen molar-refractivity contribution in [3.05, 3.63) is 105 Å². The molecular formula is C32H39ClFN3O3. The Hall–Kier alpha value is -3.26. The van der Waals surface area contributed by atoms with Crippen molar-refractivity contribution in [3.8, 4) is 0 Å². The van der Waals surface area contributed by atoms with E-state index in [9.17, 15) is 14.0 Å². The van der Waals surface area contributed by atoms with Crippen LogP contribution in [0.2, 0.25) is 5.02 Å². The Morgan fingerprint density at radius 2 is 1.65 bits per heavy atom. The van der Waals surface area contributed by atoms with E-state index in [1.807, 2.05) is 51.1 Å². The molecule has 0 spiro atoms. The van der Waals surface area contributed by atoms with Gasteiger partial charge in [0.05, 0.1) is 5.56 Å². The standard InChI is InChI=1S/C32H39ClFN3O3/c1-4-11-37(12-5-2)31(38)25-13-22(3)14-26(18-25)32(39)40-30(21-36-20-23-9-7-6-8-10-23)29(35)17-24-15-27(33)19-28(34)16-24/h6-10,13-16,18-19,29-30,36H,4-5,11-12,17,20-21,35H2,1-3H3. The lowest BCUT2D eigenvalue weighted by Crippen LogP contribution is -2.46. The number of esters is 1. The van der Waals surface area contributed by atoms with Gasteiger partial charge in [0.1, 0.15) is 11.9 Å². The molecule has 1 amide bonds. The molecule has 8 heteroatoms. The first kappa shape index (κ1) is 31.3. The largest absolute Gasteiger partial charge is 0.456 e. The third-order valence-electron chi connectivity index (χ3n) is 6.48. The topological polar surface area (TPSA) is 84.7 Å². The van der Waals surface area contributed by atoms with Crippen molar-refractivity contribution in [1.82, 2.24) is 10.2 Å². The van der Waals surface area contributed by atoms with E-state index < -0.39 is 23.9 Å². The van der Waals surface area contributed by atoms with Crippen LogP contribution in [0.25, 0.3) is 0 Å². The van der Waals surface area contributed by atoms with E-state index in [2.05, 4.69) is 5.32 Å². The lowest BCUT2D eigenvalue weighted by molar-refractivity contribution is 0.0238. The van der Waals surface area contributed by atoms with Crippen LogP contribution >= 0.6 is 11.6 Å². The first-order valence-electron chi connectivity index (χ1n) is 13.8. The predicted octanol–water partition coefficient (Wildman–Crippen LogP) is 5.93. The zero-order valence-corrected chi connectivity index (χ0v) is 24.2. The first-order chi connectivity index (χ1) is 19.2. The number of hydrogen-bond acceptors (Lipinski definition) is 5. The number of hydrogen-bond donors (Lipinski definition) is 2. The fraction of sp³-hybridized carbons (Fsp3) is 0.375. The second-order valence-corrected chi connectivity index (χ2v) is 10.5. The molecule has 3 aromatic rings. The fourth-order valence-corrected chi connectivity index (χ4v) is 4.88. The average Bonchev–Trinajstić information content (AvgIpc) is 2.91. The van der Waals surface area contributed by atoms with Crippen molar-refractivity contribution in [2.24, 2.45) is 5.73 Å². The Morgan fingerprint density at radius 1 is 0.975 bits per heavy atom. The Morgan fingerprint density at radius 3 is 2.30 bits per heavy atom. The van der Waals surface area contributed by atoms with Crippen molar-refractivity contribution >= 4 is 23.5 Å². The molecule has 2 unspecified atom stereocenters. The molecule has 0 saturated heterocycles. The maximum Gasteiger partial charge on any atom is 0.338 e. The number of carbonyl (C=O) groups is 2. The number of amides is 1. The number of rotatable bonds is 14. The number of carbonyl (C=O) groups excluding carboxylic acids is 2. The maximum absolute atomic E-state index is 13.9. The second kappa shape index (κ2) is 15.5. The van der Waals surface area contributed by atoms with Crippen molar-refractivity contribution in [2.75, 3.05) is 19.6 Å². The lowest BCUT2D eigenvalue weighted by Gasteiger charge is -2.25. The van der Waals surface area contributed by atoms with E-state index >= 15 is 0 Å². The Bertz CT molecular complexity index is 1250. The number of nitrogens with one attached hydrogen (secondary N) is 1. The summed E-state index contributed by atoms with van der Waals surface area (Å²) in [5, 5.41) is 3.59. The summed E-state index contributed by atoms with van der Waals surface area (Å²) in [6.45, 7) is 8.03. The van der Waals surface area contributed by atoms with E-state index in [1.165, 1.54) is 12.1 Å². The summed E-state index contributed by atoms with van der Waals surface area (Å²) in [6.07, 6.45) is 1.22. The van der Waals surface area contributed by atoms with Gasteiger partial charge in [0.15, 0.2) is 0 Å². The van der Waals surface area contributed by atoms with Crippen LogP contribution in [0, 0.1) is 12.7 Å². The van der Waals surface area contributed by atoms with Gasteiger partial charge in [0.2, 0.25) is 0 Å². The average molecular weight is 568 g/mol. The number of benzene rings is 3. The van der Waals surface area contributed by atoms with Crippen LogP contribution < -0.4 is 11.1 Å². The van der Waals surface area contributed by atoms with Crippen molar-refractivity contribution in [3.63, 3.8) is 0 Å². The molecule has 0 aliphatic rings. The minimum absolute atomic E-state index is 0.109. The van der Waals surface area contributed by atoms with Crippen LogP contribution in [-0.2, 0) is 17.7 Å². The zero-order valence-electron chi connectivity index (χ0n) is 23.5. The first-order valence-corrected chi connectivity index (χ1v) is 14.1. The van der Waals surface area contributed by atoms with Crippen LogP contribution in [0.3, 0.4) is 0 Å². The van der Waals surface area contributed by atoms with E-state index in [4.69, 9.17) is 22.1 Å². The van der Waals surface area contributed by atoms with Gasteiger partial charge in [-0.15, -0.1) is 0 Å². The molecule has 3 rings (SSSR count). The summed E-state index contributed by atoms with van der Waals surface area (Å²) in [5.74, 6) is -1.14. The van der Waals surface area contributed by atoms with Crippen molar-refractivity contribution < 1.29 is 18.7 Å². The minimum Gasteiger partial charge on any atom is -0.456 e. The highest BCUT2D eigenvalue weighted by Crippen LogP contribution is 2.19. The molecule has 6 nitrogen and oxygen atoms in total. The molecule has 0 heterocycles. The highest BCUT2D eigenvalue weighted by atomic mass is 35.5. The second-order valence-electron chi connectivity index (χ2n) is 10.1. The molecule has 0 saturated carbocycles. The molecule has 0 aromatic heterocycles. The van der Waals surface area contributed by atoms with Gasteiger partial charge < -0.3 is 20.7 Å². The third kappa shape index (κ3) is 9.44. The molecule has 214 valence electrons. The highest BCUT2D eigenvalue weighted by molar-refractivity contribution is 6.30. The SMILES string of the molecule is CCCN(CCC)C(=O)c1cc(C)cc(C(=O)OC(CNCc2ccccc2)C(N)Cc2cc(F)cc(Cl)c2)c1. The number of nitrogens with two attached hydrogens (primary N) is 1. The van der Waals surface area contributed by atoms with Gasteiger partial charge in [0, 0.05) is 42.8 Å². The predicted molar refractivity (Wildman–Crippen MR) is 158 cm³/mol. The zero-order chi connectivity index (χ0) is 29.1. The number of ether oxygens (including phenoxy) is 1. The summed E-state index contributed by atoms with van der Waals surface area (Å²) in [5.41, 5.74) is 9.72. The van der Waals surface area contributed by atoms with E-state index in [0.29, 0.717) is 30.8 Å². The Labute approximate surface area is 241 Å². The van der Waals surface area contributed by atoms with Crippen molar-refractivity contribution in [2.45, 2.75) is 58.7 Å². The van der Waals surface area contributed by atoms with Gasteiger partial charge in [-0.2, -0.15) is 0 Å². The van der Waals surface area contributed by atoms with Gasteiger partial charge in [-0.05, 0) is 79.3 Å². The molecule has 0 fully saturated rings. The summed E-state index contributed by atoms with van der Waals surface area (Å²) in [6, 6.07) is 18.5. The van der Waals surface area contributed by atoms with Gasteiger partial charge in [0.25, 0.3) is 5.91 Å². The Kier molecular flexibility index (Phi) is 12.1. The lowest BCUT2D eigenvalue weighted by atomic mass is 10.0. The van der Waals surface area contributed by atoms with Crippen LogP contribution in [0.4, 0.5) is 4.39 Å². The van der Waals surface area contributed by atoms with Crippen LogP contribution in [0.15, 0.2) is 66.7 Å². The minimum atomic E-state index is -0.727. The maximum atomic E-state index is 13.9. The normalized spacial score (nSPS) is 12.6. The number of halogens is 2. The van der Waals surface area contributed by atoms with Crippen molar-refractivity contribution in [1.29, 1.82) is 0 Å². The fourth-order valence-electron chi connectivity index (χ4n) is 4.63. The molecule has 0 radical (unpaired) electrons. The molecule has 0 aliphatic carbocycles. The monoisotopic (exact) mass is 567 g/mol. The smallest absolute Gasteiger partial charge is 0.338 e. The van der Waals surface area contributed by atoms with Crippen LogP contribution in [0.5, 0.6) is 0 Å². The van der Waals surface area contributed by atoms with Crippen LogP contribution in [-0.4, -0.2) is 48.6 Å². The molecule has 0 aliphatic heterocycles. The van der Waals surface area contributed by atoms with E-state index in [-0.39, 0.29) is 29.5 Å². The highest BCUT2D eigenvalue weighted by Gasteiger charge is 2.25. The number of nitrogens with zero attached hydrogens (tertiary/aromatic N) is 1.